The van der Waals surface area contributed by atoms with Crippen LogP contribution in [0.2, 0.25) is 0 Å². The van der Waals surface area contributed by atoms with Gasteiger partial charge in [-0.2, -0.15) is 0 Å². The van der Waals surface area contributed by atoms with Crippen molar-refractivity contribution in [2.24, 2.45) is 0 Å². The first-order valence-corrected chi connectivity index (χ1v) is 11.5. The number of methoxy groups -OCH3 is 1. The predicted molar refractivity (Wildman–Crippen MR) is 123 cm³/mol. The van der Waals surface area contributed by atoms with Crippen LogP contribution in [0.4, 0.5) is 4.79 Å². The lowest BCUT2D eigenvalue weighted by atomic mass is 9.77. The molecule has 1 aliphatic heterocycles. The lowest BCUT2D eigenvalue weighted by molar-refractivity contribution is -0.118. The molecule has 0 atom stereocenters. The first-order valence-electron chi connectivity index (χ1n) is 10.7. The quantitative estimate of drug-likeness (QED) is 0.724. The number of carbonyl (C=O) groups is 2. The molecule has 3 rings (SSSR count). The number of thiophene rings is 1. The predicted octanol–water partition coefficient (Wildman–Crippen LogP) is 4.55. The Hall–Kier alpha value is -2.54. The van der Waals surface area contributed by atoms with Gasteiger partial charge < -0.3 is 19.7 Å². The van der Waals surface area contributed by atoms with Crippen molar-refractivity contribution in [1.29, 1.82) is 0 Å². The summed E-state index contributed by atoms with van der Waals surface area (Å²) >= 11 is 1.70. The van der Waals surface area contributed by atoms with Gasteiger partial charge in [0.25, 0.3) is 5.91 Å². The molecule has 1 N–H and O–H groups in total. The zero-order chi connectivity index (χ0) is 22.5. The molecule has 0 spiro atoms. The molecule has 1 aromatic rings. The van der Waals surface area contributed by atoms with E-state index in [0.717, 1.165) is 19.3 Å². The summed E-state index contributed by atoms with van der Waals surface area (Å²) in [5.74, 6) is 0.442. The maximum atomic E-state index is 13.0. The minimum absolute atomic E-state index is 0.148. The van der Waals surface area contributed by atoms with Gasteiger partial charge in [-0.3, -0.25) is 4.79 Å². The molecule has 1 saturated heterocycles. The molecule has 31 heavy (non-hydrogen) atoms. The molecule has 168 valence electrons. The molecule has 1 aliphatic carbocycles. The number of nitrogens with one attached hydrogen (secondary N) is 1. The standard InChI is InChI=1S/C24H32N2O4S/c1-23(2,3)30-22(28)26-14-12-24(13-15-26,20-11-8-16-31-20)17-25-21(27)18-9-6-5-7-10-19(18)29-4/h5-6,8-11,16H,7,12-15,17H2,1-4H3,(H,25,27). The van der Waals surface area contributed by atoms with Crippen molar-refractivity contribution in [3.63, 3.8) is 0 Å². The number of hydrogen-bond donors (Lipinski definition) is 1. The number of carbonyl (C=O) groups excluding carboxylic acids is 2. The maximum Gasteiger partial charge on any atom is 0.410 e. The second-order valence-corrected chi connectivity index (χ2v) is 9.87. The fourth-order valence-electron chi connectivity index (χ4n) is 3.87. The minimum Gasteiger partial charge on any atom is -0.496 e. The number of amides is 2. The summed E-state index contributed by atoms with van der Waals surface area (Å²) in [6.45, 7) is 7.32. The van der Waals surface area contributed by atoms with E-state index >= 15 is 0 Å². The van der Waals surface area contributed by atoms with Gasteiger partial charge in [0.2, 0.25) is 0 Å². The summed E-state index contributed by atoms with van der Waals surface area (Å²) in [7, 11) is 1.58. The highest BCUT2D eigenvalue weighted by Gasteiger charge is 2.39. The van der Waals surface area contributed by atoms with E-state index in [0.29, 0.717) is 31.0 Å². The van der Waals surface area contributed by atoms with E-state index < -0.39 is 5.60 Å². The van der Waals surface area contributed by atoms with Crippen LogP contribution >= 0.6 is 11.3 Å². The zero-order valence-electron chi connectivity index (χ0n) is 18.8. The van der Waals surface area contributed by atoms with Gasteiger partial charge in [0.05, 0.1) is 12.7 Å². The fraction of sp³-hybridized carbons (Fsp3) is 0.500. The van der Waals surface area contributed by atoms with Gasteiger partial charge >= 0.3 is 6.09 Å². The lowest BCUT2D eigenvalue weighted by Gasteiger charge is -2.41. The van der Waals surface area contributed by atoms with Crippen LogP contribution in [0.25, 0.3) is 0 Å². The van der Waals surface area contributed by atoms with Gasteiger partial charge in [0.1, 0.15) is 11.4 Å². The van der Waals surface area contributed by atoms with Crippen molar-refractivity contribution in [3.05, 3.63) is 58.0 Å². The van der Waals surface area contributed by atoms with Crippen molar-refractivity contribution in [2.45, 2.75) is 51.0 Å². The molecule has 2 amide bonds. The number of likely N-dealkylation sites (tertiary alicyclic amines) is 1. The minimum atomic E-state index is -0.513. The molecule has 1 aromatic heterocycles. The maximum absolute atomic E-state index is 13.0. The Labute approximate surface area is 188 Å². The molecule has 7 heteroatoms. The van der Waals surface area contributed by atoms with E-state index in [1.54, 1.807) is 29.4 Å². The van der Waals surface area contributed by atoms with E-state index in [-0.39, 0.29) is 17.4 Å². The van der Waals surface area contributed by atoms with Crippen LogP contribution in [-0.4, -0.2) is 49.2 Å². The topological polar surface area (TPSA) is 67.9 Å². The third kappa shape index (κ3) is 5.79. The highest BCUT2D eigenvalue weighted by molar-refractivity contribution is 7.10. The van der Waals surface area contributed by atoms with Gasteiger partial charge in [-0.25, -0.2) is 4.79 Å². The Morgan fingerprint density at radius 1 is 1.26 bits per heavy atom. The summed E-state index contributed by atoms with van der Waals surface area (Å²) in [6.07, 6.45) is 9.55. The summed E-state index contributed by atoms with van der Waals surface area (Å²) in [4.78, 5) is 28.5. The first kappa shape index (κ1) is 23.1. The van der Waals surface area contributed by atoms with Crippen LogP contribution in [0.15, 0.2) is 53.1 Å². The molecule has 0 radical (unpaired) electrons. The number of rotatable bonds is 5. The van der Waals surface area contributed by atoms with Gasteiger partial charge in [-0.05, 0) is 63.6 Å². The van der Waals surface area contributed by atoms with Gasteiger partial charge in [-0.1, -0.05) is 18.2 Å². The summed E-state index contributed by atoms with van der Waals surface area (Å²) in [5, 5.41) is 5.19. The monoisotopic (exact) mass is 444 g/mol. The van der Waals surface area contributed by atoms with Gasteiger partial charge in [0, 0.05) is 29.9 Å². The lowest BCUT2D eigenvalue weighted by Crippen LogP contribution is -2.51. The van der Waals surface area contributed by atoms with Crippen LogP contribution in [0.5, 0.6) is 0 Å². The molecule has 1 fully saturated rings. The van der Waals surface area contributed by atoms with Crippen LogP contribution in [0.1, 0.15) is 44.9 Å². The highest BCUT2D eigenvalue weighted by Crippen LogP contribution is 2.38. The van der Waals surface area contributed by atoms with E-state index in [4.69, 9.17) is 9.47 Å². The smallest absolute Gasteiger partial charge is 0.410 e. The molecule has 2 aliphatic rings. The molecule has 0 bridgehead atoms. The molecule has 6 nitrogen and oxygen atoms in total. The van der Waals surface area contributed by atoms with Crippen LogP contribution < -0.4 is 5.32 Å². The van der Waals surface area contributed by atoms with Crippen molar-refractivity contribution >= 4 is 23.3 Å². The Morgan fingerprint density at radius 2 is 2.00 bits per heavy atom. The third-order valence-corrected chi connectivity index (χ3v) is 6.69. The second kappa shape index (κ2) is 9.73. The molecule has 0 unspecified atom stereocenters. The molecule has 0 saturated carbocycles. The van der Waals surface area contributed by atoms with E-state index in [9.17, 15) is 9.59 Å². The summed E-state index contributed by atoms with van der Waals surface area (Å²) in [5.41, 5.74) is -0.190. The molecular weight excluding hydrogens is 412 g/mol. The van der Waals surface area contributed by atoms with Crippen LogP contribution in [-0.2, 0) is 19.7 Å². The number of allylic oxidation sites excluding steroid dienone is 4. The average molecular weight is 445 g/mol. The number of hydrogen-bond acceptors (Lipinski definition) is 5. The zero-order valence-corrected chi connectivity index (χ0v) is 19.6. The third-order valence-electron chi connectivity index (χ3n) is 5.57. The van der Waals surface area contributed by atoms with E-state index in [1.165, 1.54) is 4.88 Å². The number of piperidine rings is 1. The largest absolute Gasteiger partial charge is 0.496 e. The van der Waals surface area contributed by atoms with Gasteiger partial charge in [0.15, 0.2) is 0 Å². The number of ether oxygens (including phenoxy) is 2. The SMILES string of the molecule is COC1=CCC=CC=C1C(=O)NCC1(c2cccs2)CCN(C(=O)OC(C)(C)C)CC1. The Kier molecular flexibility index (Phi) is 7.26. The molecular formula is C24H32N2O4S. The van der Waals surface area contributed by atoms with Gasteiger partial charge in [-0.15, -0.1) is 11.3 Å². The second-order valence-electron chi connectivity index (χ2n) is 8.92. The van der Waals surface area contributed by atoms with Crippen LogP contribution in [0, 0.1) is 0 Å². The van der Waals surface area contributed by atoms with Crippen molar-refractivity contribution in [3.8, 4) is 0 Å². The highest BCUT2D eigenvalue weighted by atomic mass is 32.1. The Balaban J connectivity index is 1.70. The Morgan fingerprint density at radius 3 is 2.61 bits per heavy atom. The average Bonchev–Trinajstić information content (AvgIpc) is 3.17. The Bertz CT molecular complexity index is 870. The van der Waals surface area contributed by atoms with Crippen LogP contribution in [0.3, 0.4) is 0 Å². The van der Waals surface area contributed by atoms with Crippen molar-refractivity contribution < 1.29 is 19.1 Å². The first-order chi connectivity index (χ1) is 14.7. The normalized spacial score (nSPS) is 18.5. The number of nitrogens with zero attached hydrogens (tertiary/aromatic N) is 1. The summed E-state index contributed by atoms with van der Waals surface area (Å²) in [6, 6.07) is 4.16. The fourth-order valence-corrected chi connectivity index (χ4v) is 4.86. The molecule has 0 aromatic carbocycles. The summed E-state index contributed by atoms with van der Waals surface area (Å²) < 4.78 is 10.9. The van der Waals surface area contributed by atoms with E-state index in [1.807, 2.05) is 45.1 Å². The van der Waals surface area contributed by atoms with Crippen molar-refractivity contribution in [2.75, 3.05) is 26.7 Å². The molecule has 2 heterocycles. The van der Waals surface area contributed by atoms with Crippen molar-refractivity contribution in [1.82, 2.24) is 10.2 Å². The van der Waals surface area contributed by atoms with E-state index in [2.05, 4.69) is 16.8 Å².